The van der Waals surface area contributed by atoms with Crippen LogP contribution in [0, 0.1) is 5.82 Å². The van der Waals surface area contributed by atoms with Gasteiger partial charge in [0, 0.05) is 36.2 Å². The van der Waals surface area contributed by atoms with Crippen LogP contribution in [-0.2, 0) is 13.0 Å². The van der Waals surface area contributed by atoms with Crippen LogP contribution in [0.2, 0.25) is 0 Å². The van der Waals surface area contributed by atoms with E-state index in [4.69, 9.17) is 9.72 Å². The third-order valence-electron chi connectivity index (χ3n) is 5.76. The summed E-state index contributed by atoms with van der Waals surface area (Å²) < 4.78 is 19.4. The van der Waals surface area contributed by atoms with Crippen LogP contribution in [0.4, 0.5) is 4.39 Å². The smallest absolute Gasteiger partial charge is 0.255 e. The van der Waals surface area contributed by atoms with Crippen molar-refractivity contribution in [2.45, 2.75) is 13.0 Å². The fourth-order valence-corrected chi connectivity index (χ4v) is 4.21. The Morgan fingerprint density at radius 2 is 1.87 bits per heavy atom. The lowest BCUT2D eigenvalue weighted by atomic mass is 9.96. The van der Waals surface area contributed by atoms with Gasteiger partial charge in [-0.15, -0.1) is 0 Å². The molecule has 0 spiro atoms. The minimum Gasteiger partial charge on any atom is -0.496 e. The van der Waals surface area contributed by atoms with Gasteiger partial charge >= 0.3 is 0 Å². The van der Waals surface area contributed by atoms with Gasteiger partial charge in [-0.3, -0.25) is 9.78 Å². The summed E-state index contributed by atoms with van der Waals surface area (Å²) in [5.74, 6) is 0.136. The molecule has 0 radical (unpaired) electrons. The number of halogens is 1. The molecule has 0 saturated heterocycles. The first-order valence-corrected chi connectivity index (χ1v) is 10.2. The van der Waals surface area contributed by atoms with Gasteiger partial charge in [-0.2, -0.15) is 0 Å². The molecule has 4 aromatic rings. The number of carbonyl (C=O) groups is 1. The average molecular weight is 412 g/mol. The number of hydrogen-bond donors (Lipinski definition) is 0. The minimum atomic E-state index is -0.363. The van der Waals surface area contributed by atoms with Crippen molar-refractivity contribution in [3.8, 4) is 16.9 Å². The quantitative estimate of drug-likeness (QED) is 0.450. The van der Waals surface area contributed by atoms with Gasteiger partial charge in [0.1, 0.15) is 11.6 Å². The van der Waals surface area contributed by atoms with E-state index in [0.717, 1.165) is 22.2 Å². The number of para-hydroxylation sites is 1. The number of benzene rings is 3. The zero-order valence-electron chi connectivity index (χ0n) is 17.1. The van der Waals surface area contributed by atoms with Gasteiger partial charge < -0.3 is 9.64 Å². The highest BCUT2D eigenvalue weighted by Crippen LogP contribution is 2.37. The number of aromatic nitrogens is 1. The number of methoxy groups -OCH3 is 1. The number of pyridine rings is 1. The summed E-state index contributed by atoms with van der Waals surface area (Å²) in [6.07, 6.45) is 0.670. The molecule has 1 aliphatic rings. The van der Waals surface area contributed by atoms with Gasteiger partial charge in [0.15, 0.2) is 0 Å². The molecule has 3 aromatic carbocycles. The van der Waals surface area contributed by atoms with E-state index in [1.54, 1.807) is 13.2 Å². The van der Waals surface area contributed by atoms with Crippen LogP contribution in [0.25, 0.3) is 22.0 Å². The van der Waals surface area contributed by atoms with Crippen LogP contribution in [0.5, 0.6) is 5.75 Å². The van der Waals surface area contributed by atoms with E-state index in [2.05, 4.69) is 6.07 Å². The monoisotopic (exact) mass is 412 g/mol. The molecule has 0 saturated carbocycles. The second kappa shape index (κ2) is 7.84. The highest BCUT2D eigenvalue weighted by atomic mass is 19.1. The maximum Gasteiger partial charge on any atom is 0.255 e. The fraction of sp³-hybridized carbons (Fsp3) is 0.154. The maximum absolute atomic E-state index is 14.0. The normalized spacial score (nSPS) is 13.0. The summed E-state index contributed by atoms with van der Waals surface area (Å²) in [5.41, 5.74) is 4.76. The topological polar surface area (TPSA) is 42.4 Å². The van der Waals surface area contributed by atoms with Crippen molar-refractivity contribution < 1.29 is 13.9 Å². The van der Waals surface area contributed by atoms with Crippen molar-refractivity contribution in [3.05, 3.63) is 95.4 Å². The molecule has 5 rings (SSSR count). The van der Waals surface area contributed by atoms with Crippen LogP contribution >= 0.6 is 0 Å². The second-order valence-electron chi connectivity index (χ2n) is 7.66. The molecule has 0 aliphatic carbocycles. The van der Waals surface area contributed by atoms with Crippen molar-refractivity contribution in [2.24, 2.45) is 0 Å². The molecule has 154 valence electrons. The van der Waals surface area contributed by atoms with Crippen molar-refractivity contribution in [1.82, 2.24) is 9.88 Å². The van der Waals surface area contributed by atoms with Crippen molar-refractivity contribution >= 4 is 16.8 Å². The lowest BCUT2D eigenvalue weighted by molar-refractivity contribution is 0.0780. The standard InChI is InChI=1S/C26H21FN2O2/c1-31-24-12-10-19(27)15-22(24)21-7-4-6-18-16-29(26(30)25(18)21)14-13-20-11-9-17-5-2-3-8-23(17)28-20/h2-12,15H,13-14,16H2,1H3. The van der Waals surface area contributed by atoms with Gasteiger partial charge in [-0.1, -0.05) is 42.5 Å². The number of amides is 1. The number of fused-ring (bicyclic) bond motifs is 2. The van der Waals surface area contributed by atoms with Gasteiger partial charge in [-0.05, 0) is 41.5 Å². The van der Waals surface area contributed by atoms with E-state index in [0.29, 0.717) is 42.0 Å². The number of hydrogen-bond acceptors (Lipinski definition) is 3. The molecule has 0 unspecified atom stereocenters. The Kier molecular flexibility index (Phi) is 4.86. The molecular weight excluding hydrogens is 391 g/mol. The summed E-state index contributed by atoms with van der Waals surface area (Å²) in [6, 6.07) is 22.2. The summed E-state index contributed by atoms with van der Waals surface area (Å²) in [7, 11) is 1.55. The first-order chi connectivity index (χ1) is 15.1. The third-order valence-corrected chi connectivity index (χ3v) is 5.76. The molecule has 1 aliphatic heterocycles. The molecule has 31 heavy (non-hydrogen) atoms. The first kappa shape index (κ1) is 19.2. The Morgan fingerprint density at radius 3 is 2.74 bits per heavy atom. The molecule has 4 nitrogen and oxygen atoms in total. The molecule has 0 atom stereocenters. The fourth-order valence-electron chi connectivity index (χ4n) is 4.21. The van der Waals surface area contributed by atoms with E-state index in [1.165, 1.54) is 12.1 Å². The number of ether oxygens (including phenoxy) is 1. The molecule has 0 N–H and O–H groups in total. The summed E-state index contributed by atoms with van der Waals surface area (Å²) in [6.45, 7) is 1.10. The van der Waals surface area contributed by atoms with Crippen LogP contribution < -0.4 is 4.74 Å². The minimum absolute atomic E-state index is 0.0438. The van der Waals surface area contributed by atoms with E-state index >= 15 is 0 Å². The highest BCUT2D eigenvalue weighted by Gasteiger charge is 2.30. The summed E-state index contributed by atoms with van der Waals surface area (Å²) >= 11 is 0. The summed E-state index contributed by atoms with van der Waals surface area (Å²) in [5, 5.41) is 1.10. The Hall–Kier alpha value is -3.73. The Bertz CT molecular complexity index is 1300. The van der Waals surface area contributed by atoms with E-state index in [-0.39, 0.29) is 11.7 Å². The Balaban J connectivity index is 1.41. The van der Waals surface area contributed by atoms with E-state index in [9.17, 15) is 9.18 Å². The van der Waals surface area contributed by atoms with E-state index < -0.39 is 0 Å². The zero-order chi connectivity index (χ0) is 21.4. The lowest BCUT2D eigenvalue weighted by Gasteiger charge is -2.16. The van der Waals surface area contributed by atoms with E-state index in [1.807, 2.05) is 53.4 Å². The highest BCUT2D eigenvalue weighted by molar-refractivity contribution is 6.05. The predicted octanol–water partition coefficient (Wildman–Crippen LogP) is 5.25. The molecule has 2 heterocycles. The molecular formula is C26H21FN2O2. The summed E-state index contributed by atoms with van der Waals surface area (Å²) in [4.78, 5) is 19.8. The van der Waals surface area contributed by atoms with Gasteiger partial charge in [0.2, 0.25) is 0 Å². The van der Waals surface area contributed by atoms with Crippen molar-refractivity contribution in [1.29, 1.82) is 0 Å². The first-order valence-electron chi connectivity index (χ1n) is 10.2. The molecule has 1 aromatic heterocycles. The van der Waals surface area contributed by atoms with Crippen LogP contribution in [0.1, 0.15) is 21.6 Å². The molecule has 0 fully saturated rings. The third kappa shape index (κ3) is 3.52. The lowest BCUT2D eigenvalue weighted by Crippen LogP contribution is -2.26. The Morgan fingerprint density at radius 1 is 1.00 bits per heavy atom. The number of carbonyl (C=O) groups excluding carboxylic acids is 1. The number of nitrogens with zero attached hydrogens (tertiary/aromatic N) is 2. The average Bonchev–Trinajstić information content (AvgIpc) is 3.13. The van der Waals surface area contributed by atoms with Crippen molar-refractivity contribution in [3.63, 3.8) is 0 Å². The van der Waals surface area contributed by atoms with Crippen molar-refractivity contribution in [2.75, 3.05) is 13.7 Å². The Labute approximate surface area is 179 Å². The van der Waals surface area contributed by atoms with Gasteiger partial charge in [0.25, 0.3) is 5.91 Å². The maximum atomic E-state index is 14.0. The largest absolute Gasteiger partial charge is 0.496 e. The van der Waals surface area contributed by atoms with Crippen LogP contribution in [0.3, 0.4) is 0 Å². The van der Waals surface area contributed by atoms with Crippen LogP contribution in [-0.4, -0.2) is 29.4 Å². The van der Waals surface area contributed by atoms with Crippen LogP contribution in [0.15, 0.2) is 72.8 Å². The SMILES string of the molecule is COc1ccc(F)cc1-c1cccc2c1C(=O)N(CCc1ccc3ccccc3n1)C2. The second-order valence-corrected chi connectivity index (χ2v) is 7.66. The van der Waals surface area contributed by atoms with Gasteiger partial charge in [-0.25, -0.2) is 4.39 Å². The number of rotatable bonds is 5. The molecule has 1 amide bonds. The molecule has 5 heteroatoms. The predicted molar refractivity (Wildman–Crippen MR) is 119 cm³/mol. The van der Waals surface area contributed by atoms with Gasteiger partial charge in [0.05, 0.1) is 18.2 Å². The molecule has 0 bridgehead atoms. The zero-order valence-corrected chi connectivity index (χ0v) is 17.1.